The van der Waals surface area contributed by atoms with Crippen molar-refractivity contribution in [3.05, 3.63) is 63.0 Å². The van der Waals surface area contributed by atoms with E-state index in [2.05, 4.69) is 27.8 Å². The number of halogens is 2. The smallest absolute Gasteiger partial charge is 0.268 e. The van der Waals surface area contributed by atoms with Gasteiger partial charge >= 0.3 is 0 Å². The minimum absolute atomic E-state index is 0.0178. The van der Waals surface area contributed by atoms with Gasteiger partial charge in [-0.3, -0.25) is 4.79 Å². The Morgan fingerprint density at radius 2 is 2.15 bits per heavy atom. The average Bonchev–Trinajstić information content (AvgIpc) is 3.17. The third-order valence-electron chi connectivity index (χ3n) is 5.59. The first-order valence-electron chi connectivity index (χ1n) is 8.77. The highest BCUT2D eigenvalue weighted by molar-refractivity contribution is 9.11. The van der Waals surface area contributed by atoms with Gasteiger partial charge in [0, 0.05) is 11.1 Å². The molecule has 1 aromatic carbocycles. The van der Waals surface area contributed by atoms with Gasteiger partial charge in [-0.2, -0.15) is 0 Å². The van der Waals surface area contributed by atoms with Crippen molar-refractivity contribution in [1.29, 1.82) is 0 Å². The predicted molar refractivity (Wildman–Crippen MR) is 108 cm³/mol. The third-order valence-corrected chi connectivity index (χ3v) is 7.20. The van der Waals surface area contributed by atoms with Gasteiger partial charge in [0.2, 0.25) is 0 Å². The Labute approximate surface area is 165 Å². The standard InChI is InChI=1S/C20H20BrFN2OS/c1-2-3-17-20(8-10-23-11-9-20)14-12-13(22)4-5-15(14)24(17)19(25)16-6-7-18(21)26-16/h2,4-7,12,17,23H,1,3,8-11H2. The molecular formula is C20H20BrFN2OS. The number of carbonyl (C=O) groups is 1. The maximum absolute atomic E-state index is 14.1. The molecule has 4 rings (SSSR count). The van der Waals surface area contributed by atoms with Crippen molar-refractivity contribution < 1.29 is 9.18 Å². The minimum Gasteiger partial charge on any atom is -0.317 e. The monoisotopic (exact) mass is 434 g/mol. The van der Waals surface area contributed by atoms with Gasteiger partial charge in [-0.25, -0.2) is 4.39 Å². The number of thiophene rings is 1. The van der Waals surface area contributed by atoms with E-state index < -0.39 is 0 Å². The van der Waals surface area contributed by atoms with Gasteiger partial charge in [-0.05, 0) is 84.2 Å². The fraction of sp³-hybridized carbons (Fsp3) is 0.350. The molecule has 3 heterocycles. The summed E-state index contributed by atoms with van der Waals surface area (Å²) in [5.41, 5.74) is 1.59. The number of hydrogen-bond donors (Lipinski definition) is 1. The van der Waals surface area contributed by atoms with E-state index in [4.69, 9.17) is 0 Å². The van der Waals surface area contributed by atoms with Crippen molar-refractivity contribution in [2.75, 3.05) is 18.0 Å². The molecule has 0 aliphatic carbocycles. The maximum Gasteiger partial charge on any atom is 0.268 e. The lowest BCUT2D eigenvalue weighted by atomic mass is 9.69. The minimum atomic E-state index is -0.243. The Kier molecular flexibility index (Phi) is 4.75. The molecule has 136 valence electrons. The van der Waals surface area contributed by atoms with E-state index in [1.807, 2.05) is 23.1 Å². The molecule has 3 nitrogen and oxygen atoms in total. The second-order valence-electron chi connectivity index (χ2n) is 6.89. The van der Waals surface area contributed by atoms with Crippen LogP contribution in [0.5, 0.6) is 0 Å². The maximum atomic E-state index is 14.1. The van der Waals surface area contributed by atoms with Gasteiger partial charge in [0.15, 0.2) is 0 Å². The van der Waals surface area contributed by atoms with Crippen LogP contribution in [-0.2, 0) is 5.41 Å². The Hall–Kier alpha value is -1.50. The Morgan fingerprint density at radius 3 is 2.81 bits per heavy atom. The van der Waals surface area contributed by atoms with Gasteiger partial charge < -0.3 is 10.2 Å². The summed E-state index contributed by atoms with van der Waals surface area (Å²) in [7, 11) is 0. The van der Waals surface area contributed by atoms with Crippen LogP contribution in [0.1, 0.15) is 34.5 Å². The summed E-state index contributed by atoms with van der Waals surface area (Å²) in [6.45, 7) is 5.66. The van der Waals surface area contributed by atoms with Gasteiger partial charge in [-0.15, -0.1) is 17.9 Å². The van der Waals surface area contributed by atoms with E-state index in [1.165, 1.54) is 17.4 Å². The molecule has 0 bridgehead atoms. The van der Waals surface area contributed by atoms with E-state index in [1.54, 1.807) is 12.1 Å². The van der Waals surface area contributed by atoms with Gasteiger partial charge in [0.1, 0.15) is 5.82 Å². The molecule has 1 spiro atoms. The fourth-order valence-electron chi connectivity index (χ4n) is 4.47. The second kappa shape index (κ2) is 6.91. The number of nitrogens with one attached hydrogen (secondary N) is 1. The van der Waals surface area contributed by atoms with E-state index in [-0.39, 0.29) is 23.2 Å². The molecule has 0 radical (unpaired) electrons. The van der Waals surface area contributed by atoms with E-state index >= 15 is 0 Å². The largest absolute Gasteiger partial charge is 0.317 e. The number of piperidine rings is 1. The van der Waals surface area contributed by atoms with E-state index in [0.29, 0.717) is 11.3 Å². The Bertz CT molecular complexity index is 859. The first-order chi connectivity index (χ1) is 12.6. The third kappa shape index (κ3) is 2.75. The summed E-state index contributed by atoms with van der Waals surface area (Å²) < 4.78 is 15.1. The van der Waals surface area contributed by atoms with Crippen LogP contribution >= 0.6 is 27.3 Å². The highest BCUT2D eigenvalue weighted by atomic mass is 79.9. The zero-order valence-corrected chi connectivity index (χ0v) is 16.7. The molecule has 2 aliphatic heterocycles. The van der Waals surface area contributed by atoms with Crippen LogP contribution in [0.25, 0.3) is 0 Å². The van der Waals surface area contributed by atoms with Crippen LogP contribution < -0.4 is 10.2 Å². The van der Waals surface area contributed by atoms with Crippen molar-refractivity contribution in [3.63, 3.8) is 0 Å². The van der Waals surface area contributed by atoms with Crippen molar-refractivity contribution in [3.8, 4) is 0 Å². The summed E-state index contributed by atoms with van der Waals surface area (Å²) in [6.07, 6.45) is 4.34. The number of amides is 1. The predicted octanol–water partition coefficient (Wildman–Crippen LogP) is 4.88. The lowest BCUT2D eigenvalue weighted by Gasteiger charge is -2.41. The van der Waals surface area contributed by atoms with Crippen LogP contribution in [-0.4, -0.2) is 25.0 Å². The first-order valence-corrected chi connectivity index (χ1v) is 10.4. The quantitative estimate of drug-likeness (QED) is 0.698. The zero-order chi connectivity index (χ0) is 18.3. The van der Waals surface area contributed by atoms with Crippen molar-refractivity contribution >= 4 is 38.9 Å². The van der Waals surface area contributed by atoms with Crippen LogP contribution in [0.2, 0.25) is 0 Å². The molecule has 2 aromatic rings. The van der Waals surface area contributed by atoms with Crippen molar-refractivity contribution in [2.24, 2.45) is 0 Å². The number of rotatable bonds is 3. The Morgan fingerprint density at radius 1 is 1.38 bits per heavy atom. The summed E-state index contributed by atoms with van der Waals surface area (Å²) in [5.74, 6) is -0.261. The molecule has 1 fully saturated rings. The van der Waals surface area contributed by atoms with Crippen molar-refractivity contribution in [2.45, 2.75) is 30.7 Å². The molecule has 1 N–H and O–H groups in total. The lowest BCUT2D eigenvalue weighted by Crippen LogP contribution is -2.51. The molecule has 1 atom stereocenters. The number of nitrogens with zero attached hydrogens (tertiary/aromatic N) is 1. The molecule has 0 saturated carbocycles. The van der Waals surface area contributed by atoms with Gasteiger partial charge in [-0.1, -0.05) is 6.08 Å². The molecule has 2 aliphatic rings. The summed E-state index contributed by atoms with van der Waals surface area (Å²) >= 11 is 4.87. The number of carbonyl (C=O) groups excluding carboxylic acids is 1. The van der Waals surface area contributed by atoms with Gasteiger partial charge in [0.05, 0.1) is 14.7 Å². The molecule has 1 unspecified atom stereocenters. The first kappa shape index (κ1) is 17.9. The molecule has 1 amide bonds. The highest BCUT2D eigenvalue weighted by Gasteiger charge is 2.52. The zero-order valence-electron chi connectivity index (χ0n) is 14.3. The fourth-order valence-corrected chi connectivity index (χ4v) is 5.80. The summed E-state index contributed by atoms with van der Waals surface area (Å²) in [5, 5.41) is 3.40. The topological polar surface area (TPSA) is 32.3 Å². The highest BCUT2D eigenvalue weighted by Crippen LogP contribution is 2.52. The van der Waals surface area contributed by atoms with Gasteiger partial charge in [0.25, 0.3) is 5.91 Å². The lowest BCUT2D eigenvalue weighted by molar-refractivity contribution is 0.0968. The van der Waals surface area contributed by atoms with E-state index in [9.17, 15) is 9.18 Å². The number of benzene rings is 1. The van der Waals surface area contributed by atoms with Crippen molar-refractivity contribution in [1.82, 2.24) is 5.32 Å². The summed E-state index contributed by atoms with van der Waals surface area (Å²) in [6, 6.07) is 8.55. The Balaban J connectivity index is 1.87. The SMILES string of the molecule is C=CCC1N(C(=O)c2ccc(Br)s2)c2ccc(F)cc2C12CCNCC2. The second-order valence-corrected chi connectivity index (χ2v) is 9.35. The normalized spacial score (nSPS) is 21.0. The molecule has 26 heavy (non-hydrogen) atoms. The molecule has 1 saturated heterocycles. The number of anilines is 1. The number of hydrogen-bond acceptors (Lipinski definition) is 3. The van der Waals surface area contributed by atoms with Crippen LogP contribution in [0.3, 0.4) is 0 Å². The number of fused-ring (bicyclic) bond motifs is 2. The molecular weight excluding hydrogens is 415 g/mol. The molecule has 1 aromatic heterocycles. The van der Waals surface area contributed by atoms with E-state index in [0.717, 1.165) is 41.0 Å². The average molecular weight is 435 g/mol. The molecule has 6 heteroatoms. The van der Waals surface area contributed by atoms with Crippen LogP contribution in [0.4, 0.5) is 10.1 Å². The summed E-state index contributed by atoms with van der Waals surface area (Å²) in [4.78, 5) is 16.0. The van der Waals surface area contributed by atoms with Crippen LogP contribution in [0.15, 0.2) is 46.8 Å². The van der Waals surface area contributed by atoms with Crippen LogP contribution in [0, 0.1) is 5.82 Å².